The Kier molecular flexibility index (Phi) is 2.73. The summed E-state index contributed by atoms with van der Waals surface area (Å²) in [5.41, 5.74) is 2.04. The van der Waals surface area contributed by atoms with Gasteiger partial charge in [0.25, 0.3) is 0 Å². The van der Waals surface area contributed by atoms with E-state index in [2.05, 4.69) is 18.9 Å². The molecule has 0 unspecified atom stereocenters. The minimum atomic E-state index is 0.0861. The number of nitrogens with zero attached hydrogens (tertiary/aromatic N) is 2. The van der Waals surface area contributed by atoms with Gasteiger partial charge in [0.1, 0.15) is 0 Å². The lowest BCUT2D eigenvalue weighted by Crippen LogP contribution is -2.05. The zero-order chi connectivity index (χ0) is 10.8. The zero-order valence-corrected chi connectivity index (χ0v) is 9.14. The van der Waals surface area contributed by atoms with Crippen molar-refractivity contribution in [3.8, 4) is 0 Å². The molecule has 0 aliphatic heterocycles. The normalized spacial score (nSPS) is 11.5. The molecule has 0 radical (unpaired) electrons. The molecule has 1 aromatic heterocycles. The Morgan fingerprint density at radius 3 is 2.87 bits per heavy atom. The van der Waals surface area contributed by atoms with Gasteiger partial charge in [-0.1, -0.05) is 26.0 Å². The van der Waals surface area contributed by atoms with Crippen LogP contribution in [-0.4, -0.2) is 14.9 Å². The van der Waals surface area contributed by atoms with E-state index in [1.165, 1.54) is 0 Å². The third-order valence-electron chi connectivity index (χ3n) is 2.43. The molecule has 1 N–H and O–H groups in total. The van der Waals surface area contributed by atoms with Crippen LogP contribution in [0.5, 0.6) is 0 Å². The summed E-state index contributed by atoms with van der Waals surface area (Å²) in [4.78, 5) is 0. The molecule has 0 fully saturated rings. The Hall–Kier alpha value is -1.35. The van der Waals surface area contributed by atoms with Crippen LogP contribution in [0.15, 0.2) is 24.4 Å². The summed E-state index contributed by atoms with van der Waals surface area (Å²) < 4.78 is 2.00. The molecule has 1 aromatic carbocycles. The SMILES string of the molecule is CC(C)Cn1ncc2ccc(CO)cc21. The predicted octanol–water partition coefficient (Wildman–Crippen LogP) is 2.18. The molecule has 0 saturated carbocycles. The number of aromatic nitrogens is 2. The van der Waals surface area contributed by atoms with Gasteiger partial charge in [-0.05, 0) is 17.5 Å². The lowest BCUT2D eigenvalue weighted by Gasteiger charge is -2.06. The first-order chi connectivity index (χ1) is 7.20. The quantitative estimate of drug-likeness (QED) is 0.832. The van der Waals surface area contributed by atoms with E-state index >= 15 is 0 Å². The average molecular weight is 204 g/mol. The molecule has 0 amide bonds. The first-order valence-electron chi connectivity index (χ1n) is 5.26. The van der Waals surface area contributed by atoms with Gasteiger partial charge in [0.2, 0.25) is 0 Å². The van der Waals surface area contributed by atoms with E-state index < -0.39 is 0 Å². The Morgan fingerprint density at radius 1 is 1.40 bits per heavy atom. The molecule has 0 spiro atoms. The molecule has 2 rings (SSSR count). The van der Waals surface area contributed by atoms with Crippen LogP contribution in [0.2, 0.25) is 0 Å². The second kappa shape index (κ2) is 4.03. The fraction of sp³-hybridized carbons (Fsp3) is 0.417. The fourth-order valence-electron chi connectivity index (χ4n) is 1.71. The Morgan fingerprint density at radius 2 is 2.20 bits per heavy atom. The molecular weight excluding hydrogens is 188 g/mol. The van der Waals surface area contributed by atoms with E-state index in [-0.39, 0.29) is 6.61 Å². The van der Waals surface area contributed by atoms with Crippen molar-refractivity contribution >= 4 is 10.9 Å². The summed E-state index contributed by atoms with van der Waals surface area (Å²) in [6.07, 6.45) is 1.87. The van der Waals surface area contributed by atoms with Crippen molar-refractivity contribution in [1.29, 1.82) is 0 Å². The Labute approximate surface area is 89.3 Å². The van der Waals surface area contributed by atoms with Crippen molar-refractivity contribution in [1.82, 2.24) is 9.78 Å². The van der Waals surface area contributed by atoms with E-state index in [9.17, 15) is 0 Å². The molecule has 0 bridgehead atoms. The summed E-state index contributed by atoms with van der Waals surface area (Å²) in [6.45, 7) is 5.34. The lowest BCUT2D eigenvalue weighted by atomic mass is 10.1. The van der Waals surface area contributed by atoms with Crippen molar-refractivity contribution in [3.05, 3.63) is 30.0 Å². The predicted molar refractivity (Wildman–Crippen MR) is 60.5 cm³/mol. The molecular formula is C12H16N2O. The summed E-state index contributed by atoms with van der Waals surface area (Å²) >= 11 is 0. The number of rotatable bonds is 3. The number of aliphatic hydroxyl groups excluding tert-OH is 1. The van der Waals surface area contributed by atoms with Crippen LogP contribution in [0.25, 0.3) is 10.9 Å². The summed E-state index contributed by atoms with van der Waals surface area (Å²) in [6, 6.07) is 5.94. The number of benzene rings is 1. The molecule has 15 heavy (non-hydrogen) atoms. The molecule has 1 heterocycles. The van der Waals surface area contributed by atoms with Gasteiger partial charge in [-0.2, -0.15) is 5.10 Å². The molecule has 80 valence electrons. The molecule has 0 aliphatic rings. The van der Waals surface area contributed by atoms with Gasteiger partial charge >= 0.3 is 0 Å². The second-order valence-corrected chi connectivity index (χ2v) is 4.27. The molecule has 0 saturated heterocycles. The van der Waals surface area contributed by atoms with Gasteiger partial charge in [-0.3, -0.25) is 4.68 Å². The van der Waals surface area contributed by atoms with Crippen molar-refractivity contribution < 1.29 is 5.11 Å². The molecule has 3 nitrogen and oxygen atoms in total. The van der Waals surface area contributed by atoms with E-state index in [0.717, 1.165) is 23.0 Å². The number of fused-ring (bicyclic) bond motifs is 1. The average Bonchev–Trinajstić information content (AvgIpc) is 2.60. The molecule has 2 aromatic rings. The van der Waals surface area contributed by atoms with Gasteiger partial charge in [0.05, 0.1) is 18.3 Å². The molecule has 3 heteroatoms. The van der Waals surface area contributed by atoms with E-state index in [4.69, 9.17) is 5.11 Å². The summed E-state index contributed by atoms with van der Waals surface area (Å²) in [7, 11) is 0. The summed E-state index contributed by atoms with van der Waals surface area (Å²) in [5.74, 6) is 0.575. The minimum absolute atomic E-state index is 0.0861. The van der Waals surface area contributed by atoms with E-state index in [1.54, 1.807) is 0 Å². The first kappa shape index (κ1) is 10.2. The monoisotopic (exact) mass is 204 g/mol. The molecule has 0 atom stereocenters. The number of hydrogen-bond donors (Lipinski definition) is 1. The maximum absolute atomic E-state index is 9.08. The Balaban J connectivity index is 2.46. The van der Waals surface area contributed by atoms with E-state index in [1.807, 2.05) is 29.1 Å². The highest BCUT2D eigenvalue weighted by Crippen LogP contribution is 2.16. The maximum Gasteiger partial charge on any atom is 0.0686 e. The van der Waals surface area contributed by atoms with Gasteiger partial charge in [0.15, 0.2) is 0 Å². The number of aliphatic hydroxyl groups is 1. The van der Waals surface area contributed by atoms with Crippen LogP contribution >= 0.6 is 0 Å². The van der Waals surface area contributed by atoms with Crippen LogP contribution in [0.3, 0.4) is 0 Å². The standard InChI is InChI=1S/C12H16N2O/c1-9(2)7-14-12-5-10(8-15)3-4-11(12)6-13-14/h3-6,9,15H,7-8H2,1-2H3. The van der Waals surface area contributed by atoms with Crippen molar-refractivity contribution in [2.45, 2.75) is 27.0 Å². The fourth-order valence-corrected chi connectivity index (χ4v) is 1.71. The van der Waals surface area contributed by atoms with Gasteiger partial charge < -0.3 is 5.11 Å². The van der Waals surface area contributed by atoms with Crippen LogP contribution in [0, 0.1) is 5.92 Å². The third kappa shape index (κ3) is 2.02. The largest absolute Gasteiger partial charge is 0.392 e. The lowest BCUT2D eigenvalue weighted by molar-refractivity contribution is 0.282. The highest BCUT2D eigenvalue weighted by molar-refractivity contribution is 5.79. The first-order valence-corrected chi connectivity index (χ1v) is 5.26. The zero-order valence-electron chi connectivity index (χ0n) is 9.14. The minimum Gasteiger partial charge on any atom is -0.392 e. The third-order valence-corrected chi connectivity index (χ3v) is 2.43. The Bertz CT molecular complexity index is 460. The topological polar surface area (TPSA) is 38.0 Å². The van der Waals surface area contributed by atoms with Crippen LogP contribution in [0.1, 0.15) is 19.4 Å². The number of hydrogen-bond acceptors (Lipinski definition) is 2. The van der Waals surface area contributed by atoms with Crippen LogP contribution in [0.4, 0.5) is 0 Å². The van der Waals surface area contributed by atoms with Crippen molar-refractivity contribution in [2.75, 3.05) is 0 Å². The van der Waals surface area contributed by atoms with Crippen molar-refractivity contribution in [3.63, 3.8) is 0 Å². The van der Waals surface area contributed by atoms with Gasteiger partial charge in [-0.25, -0.2) is 0 Å². The van der Waals surface area contributed by atoms with Gasteiger partial charge in [-0.15, -0.1) is 0 Å². The molecule has 0 aliphatic carbocycles. The van der Waals surface area contributed by atoms with E-state index in [0.29, 0.717) is 5.92 Å². The smallest absolute Gasteiger partial charge is 0.0686 e. The second-order valence-electron chi connectivity index (χ2n) is 4.27. The highest BCUT2D eigenvalue weighted by Gasteiger charge is 2.04. The van der Waals surface area contributed by atoms with Crippen molar-refractivity contribution in [2.24, 2.45) is 5.92 Å². The summed E-state index contributed by atoms with van der Waals surface area (Å²) in [5, 5.41) is 14.6. The van der Waals surface area contributed by atoms with Gasteiger partial charge in [0, 0.05) is 11.9 Å². The highest BCUT2D eigenvalue weighted by atomic mass is 16.3. The van der Waals surface area contributed by atoms with Crippen LogP contribution < -0.4 is 0 Å². The van der Waals surface area contributed by atoms with Crippen LogP contribution in [-0.2, 0) is 13.2 Å². The maximum atomic E-state index is 9.08.